The quantitative estimate of drug-likeness (QED) is 0.139. The molecule has 0 unspecified atom stereocenters. The number of β-lactam (4-membered cyclic amide) rings is 1. The number of alkyl carbamates (subject to hydrolysis) is 1. The maximum Gasteiger partial charge on any atom is 0.408 e. The molecule has 0 spiro atoms. The largest absolute Gasteiger partial charge is 0.731 e. The molecule has 0 aromatic carbocycles. The highest BCUT2D eigenvalue weighted by molar-refractivity contribution is 7.84. The van der Waals surface area contributed by atoms with E-state index in [1.165, 1.54) is 82.0 Å². The minimum atomic E-state index is -4.88. The van der Waals surface area contributed by atoms with E-state index < -0.39 is 40.0 Å². The van der Waals surface area contributed by atoms with Crippen molar-refractivity contribution < 1.29 is 31.8 Å². The molecule has 2 fully saturated rings. The van der Waals surface area contributed by atoms with Crippen LogP contribution in [0.25, 0.3) is 0 Å². The van der Waals surface area contributed by atoms with Crippen LogP contribution in [0.15, 0.2) is 0 Å². The molecule has 1 aliphatic carbocycles. The van der Waals surface area contributed by atoms with Gasteiger partial charge in [-0.15, -0.1) is 0 Å². The summed E-state index contributed by atoms with van der Waals surface area (Å²) in [5.41, 5.74) is -0.735. The highest BCUT2D eigenvalue weighted by atomic mass is 32.2. The maximum absolute atomic E-state index is 12.0. The number of ether oxygens (including phenoxy) is 1. The second kappa shape index (κ2) is 17.5. The van der Waals surface area contributed by atoms with Crippen LogP contribution >= 0.6 is 0 Å². The third-order valence-electron chi connectivity index (χ3n) is 8.09. The highest BCUT2D eigenvalue weighted by Gasteiger charge is 2.54. The topological polar surface area (TPSA) is 116 Å². The van der Waals surface area contributed by atoms with Crippen molar-refractivity contribution >= 4 is 22.3 Å². The number of unbranched alkanes of at least 4 members (excludes halogenated alkanes) is 4. The number of carbonyl (C=O) groups excluding carboxylic acids is 2. The Kier molecular flexibility index (Phi) is 16.1. The molecule has 1 saturated heterocycles. The monoisotopic (exact) mass is 589 g/mol. The van der Waals surface area contributed by atoms with Crippen molar-refractivity contribution in [1.29, 1.82) is 0 Å². The fourth-order valence-electron chi connectivity index (χ4n) is 5.91. The lowest BCUT2D eigenvalue weighted by Gasteiger charge is -2.51. The molecule has 9 nitrogen and oxygen atoms in total. The predicted molar refractivity (Wildman–Crippen MR) is 159 cm³/mol. The van der Waals surface area contributed by atoms with Crippen molar-refractivity contribution in [3.63, 3.8) is 0 Å². The van der Waals surface area contributed by atoms with Gasteiger partial charge in [-0.2, -0.15) is 0 Å². The molecule has 2 atom stereocenters. The molecule has 2 aliphatic rings. The van der Waals surface area contributed by atoms with Gasteiger partial charge in [-0.05, 0) is 65.2 Å². The molecule has 10 heteroatoms. The lowest BCUT2D eigenvalue weighted by atomic mass is 9.77. The van der Waals surface area contributed by atoms with Gasteiger partial charge in [0.25, 0.3) is 5.91 Å². The van der Waals surface area contributed by atoms with Crippen LogP contribution in [0.2, 0.25) is 0 Å². The second-order valence-corrected chi connectivity index (χ2v) is 14.0. The van der Waals surface area contributed by atoms with Crippen molar-refractivity contribution in [3.8, 4) is 0 Å². The number of rotatable bonds is 15. The zero-order chi connectivity index (χ0) is 30.4. The lowest BCUT2D eigenvalue weighted by Crippen LogP contribution is -2.74. The average molecular weight is 590 g/mol. The van der Waals surface area contributed by atoms with Crippen molar-refractivity contribution in [2.75, 3.05) is 26.2 Å². The zero-order valence-electron chi connectivity index (χ0n) is 26.5. The molecule has 1 saturated carbocycles. The van der Waals surface area contributed by atoms with Crippen LogP contribution in [0, 0.1) is 5.92 Å². The standard InChI is InChI=1S/C16H36N.C14H24N2O6S/c1-5-9-13-17(14-10-6-2,15-11-7-3)16-12-8-4;1-14(2,3)22-13(18)15-10-11(9-7-5-4-6-8-9)16(12(10)17)23(19,20)21/h5-16H2,1-4H3;9-11H,4-8H2,1-3H3,(H,15,18)(H,19,20,21)/q+1;/p-1/t;10-,11-/m.0/s1. The third kappa shape index (κ3) is 12.2. The van der Waals surface area contributed by atoms with Gasteiger partial charge in [0, 0.05) is 0 Å². The SMILES string of the molecule is CC(C)(C)OC(=O)N[C@@H]1C(=O)N(S(=O)(=O)[O-])[C@H]1C1CCCCC1.CCCC[N+](CCCC)(CCCC)CCCC. The second-order valence-electron chi connectivity index (χ2n) is 12.8. The number of amides is 2. The highest BCUT2D eigenvalue weighted by Crippen LogP contribution is 2.37. The smallest absolute Gasteiger partial charge is 0.408 e. The van der Waals surface area contributed by atoms with Crippen molar-refractivity contribution in [1.82, 2.24) is 9.62 Å². The molecule has 1 heterocycles. The normalized spacial score (nSPS) is 20.4. The van der Waals surface area contributed by atoms with E-state index in [9.17, 15) is 22.6 Å². The third-order valence-corrected chi connectivity index (χ3v) is 8.99. The van der Waals surface area contributed by atoms with E-state index in [0.29, 0.717) is 4.31 Å². The Morgan fingerprint density at radius 3 is 1.68 bits per heavy atom. The number of hydrogen-bond donors (Lipinski definition) is 1. The first-order valence-corrected chi connectivity index (χ1v) is 17.2. The zero-order valence-corrected chi connectivity index (χ0v) is 27.3. The molecule has 40 heavy (non-hydrogen) atoms. The minimum Gasteiger partial charge on any atom is -0.731 e. The average Bonchev–Trinajstić information content (AvgIpc) is 2.88. The van der Waals surface area contributed by atoms with Gasteiger partial charge in [0.05, 0.1) is 32.2 Å². The van der Waals surface area contributed by atoms with Crippen LogP contribution in [0.1, 0.15) is 132 Å². The molecule has 0 aromatic rings. The van der Waals surface area contributed by atoms with E-state index >= 15 is 0 Å². The van der Waals surface area contributed by atoms with Gasteiger partial charge in [0.15, 0.2) is 10.3 Å². The molecule has 1 N–H and O–H groups in total. The predicted octanol–water partition coefficient (Wildman–Crippen LogP) is 6.13. The summed E-state index contributed by atoms with van der Waals surface area (Å²) in [4.78, 5) is 23.9. The Balaban J connectivity index is 0.000000421. The van der Waals surface area contributed by atoms with E-state index in [1.807, 2.05) is 0 Å². The van der Waals surface area contributed by atoms with Gasteiger partial charge in [-0.25, -0.2) is 17.5 Å². The van der Waals surface area contributed by atoms with Crippen molar-refractivity contribution in [2.45, 2.75) is 150 Å². The summed E-state index contributed by atoms with van der Waals surface area (Å²) in [6.07, 6.45) is 14.6. The molecule has 0 radical (unpaired) electrons. The van der Waals surface area contributed by atoms with Gasteiger partial charge < -0.3 is 19.1 Å². The fraction of sp³-hybridized carbons (Fsp3) is 0.933. The summed E-state index contributed by atoms with van der Waals surface area (Å²) in [6, 6.07) is -1.82. The van der Waals surface area contributed by atoms with Gasteiger partial charge >= 0.3 is 6.09 Å². The number of quaternary nitrogens is 1. The molecule has 2 rings (SSSR count). The molecule has 0 aromatic heterocycles. The minimum absolute atomic E-state index is 0.106. The summed E-state index contributed by atoms with van der Waals surface area (Å²) in [7, 11) is -4.88. The first kappa shape index (κ1) is 36.6. The lowest BCUT2D eigenvalue weighted by molar-refractivity contribution is -0.929. The number of nitrogens with one attached hydrogen (secondary N) is 1. The summed E-state index contributed by atoms with van der Waals surface area (Å²) < 4.78 is 40.9. The van der Waals surface area contributed by atoms with Crippen LogP contribution < -0.4 is 5.32 Å². The van der Waals surface area contributed by atoms with Crippen LogP contribution in [0.5, 0.6) is 0 Å². The van der Waals surface area contributed by atoms with Gasteiger partial charge in [-0.1, -0.05) is 72.6 Å². The fourth-order valence-corrected chi connectivity index (χ4v) is 6.83. The maximum atomic E-state index is 12.0. The van der Waals surface area contributed by atoms with E-state index in [2.05, 4.69) is 33.0 Å². The summed E-state index contributed by atoms with van der Waals surface area (Å²) in [6.45, 7) is 20.1. The van der Waals surface area contributed by atoms with Crippen molar-refractivity contribution in [2.24, 2.45) is 5.92 Å². The van der Waals surface area contributed by atoms with E-state index in [-0.39, 0.29) is 5.92 Å². The van der Waals surface area contributed by atoms with Gasteiger partial charge in [0.2, 0.25) is 0 Å². The van der Waals surface area contributed by atoms with Gasteiger partial charge in [0.1, 0.15) is 11.6 Å². The summed E-state index contributed by atoms with van der Waals surface area (Å²) in [5.74, 6) is -0.994. The van der Waals surface area contributed by atoms with Crippen LogP contribution in [-0.2, 0) is 19.8 Å². The molecule has 0 bridgehead atoms. The van der Waals surface area contributed by atoms with Crippen LogP contribution in [0.4, 0.5) is 4.79 Å². The molecule has 2 amide bonds. The van der Waals surface area contributed by atoms with E-state index in [0.717, 1.165) is 32.1 Å². The summed E-state index contributed by atoms with van der Waals surface area (Å²) >= 11 is 0. The number of nitrogens with zero attached hydrogens (tertiary/aromatic N) is 2. The van der Waals surface area contributed by atoms with E-state index in [4.69, 9.17) is 4.74 Å². The van der Waals surface area contributed by atoms with Gasteiger partial charge in [-0.3, -0.25) is 4.79 Å². The molecular formula is C30H59N3O6S. The number of hydrogen-bond acceptors (Lipinski definition) is 6. The summed E-state index contributed by atoms with van der Waals surface area (Å²) in [5, 5.41) is 2.42. The Morgan fingerprint density at radius 2 is 1.32 bits per heavy atom. The molecular weight excluding hydrogens is 530 g/mol. The van der Waals surface area contributed by atoms with Crippen LogP contribution in [-0.4, -0.2) is 77.6 Å². The first-order valence-electron chi connectivity index (χ1n) is 15.9. The van der Waals surface area contributed by atoms with Crippen molar-refractivity contribution in [3.05, 3.63) is 0 Å². The Morgan fingerprint density at radius 1 is 0.900 bits per heavy atom. The number of carbonyl (C=O) groups is 2. The van der Waals surface area contributed by atoms with E-state index in [1.54, 1.807) is 20.8 Å². The Labute approximate surface area is 245 Å². The molecule has 1 aliphatic heterocycles. The van der Waals surface area contributed by atoms with Crippen LogP contribution in [0.3, 0.4) is 0 Å². The Bertz CT molecular complexity index is 814. The molecule has 236 valence electrons. The Hall–Kier alpha value is -1.39. The first-order chi connectivity index (χ1) is 18.7.